The van der Waals surface area contributed by atoms with Crippen molar-refractivity contribution in [2.45, 2.75) is 57.9 Å². The zero-order valence-electron chi connectivity index (χ0n) is 12.7. The van der Waals surface area contributed by atoms with E-state index >= 15 is 0 Å². The number of alkyl halides is 1. The first-order valence-corrected chi connectivity index (χ1v) is 8.80. The van der Waals surface area contributed by atoms with Crippen LogP contribution in [0.5, 0.6) is 0 Å². The zero-order valence-corrected chi connectivity index (χ0v) is 15.1. The Morgan fingerprint density at radius 1 is 1.43 bits per heavy atom. The number of aromatic nitrogens is 3. The van der Waals surface area contributed by atoms with Gasteiger partial charge in [0.1, 0.15) is 11.3 Å². The fraction of sp³-hybridized carbons (Fsp3) is 0.625. The van der Waals surface area contributed by atoms with Crippen LogP contribution in [-0.4, -0.2) is 14.5 Å². The number of nitrogens with zero attached hydrogens (tertiary/aromatic N) is 3. The van der Waals surface area contributed by atoms with Crippen molar-refractivity contribution in [3.63, 3.8) is 0 Å². The number of rotatable bonds is 2. The summed E-state index contributed by atoms with van der Waals surface area (Å²) in [5, 5.41) is -0.115. The SMILES string of the molecule is CC(Cl)c1nc2cc(Br)cnc2n1C1CCCCC1(C)C. The van der Waals surface area contributed by atoms with Crippen molar-refractivity contribution < 1.29 is 0 Å². The Morgan fingerprint density at radius 2 is 2.19 bits per heavy atom. The predicted octanol–water partition coefficient (Wildman–Crippen LogP) is 5.63. The molecule has 0 N–H and O–H groups in total. The number of hydrogen-bond donors (Lipinski definition) is 0. The maximum atomic E-state index is 6.41. The molecular weight excluding hydrogens is 350 g/mol. The lowest BCUT2D eigenvalue weighted by Crippen LogP contribution is -2.31. The maximum absolute atomic E-state index is 6.41. The molecule has 0 aromatic carbocycles. The van der Waals surface area contributed by atoms with Gasteiger partial charge >= 0.3 is 0 Å². The van der Waals surface area contributed by atoms with Crippen molar-refractivity contribution in [1.82, 2.24) is 14.5 Å². The van der Waals surface area contributed by atoms with Crippen LogP contribution in [0, 0.1) is 5.41 Å². The molecule has 0 bridgehead atoms. The standard InChI is InChI=1S/C16H21BrClN3/c1-10(18)14-20-12-8-11(17)9-19-15(12)21(14)13-6-4-5-7-16(13,2)3/h8-10,13H,4-7H2,1-3H3. The number of pyridine rings is 1. The van der Waals surface area contributed by atoms with Gasteiger partial charge in [0.2, 0.25) is 0 Å². The van der Waals surface area contributed by atoms with Gasteiger partial charge in [-0.25, -0.2) is 9.97 Å². The average Bonchev–Trinajstić information content (AvgIpc) is 2.76. The average molecular weight is 371 g/mol. The van der Waals surface area contributed by atoms with Crippen LogP contribution in [0.3, 0.4) is 0 Å². The molecule has 2 unspecified atom stereocenters. The van der Waals surface area contributed by atoms with Gasteiger partial charge in [-0.05, 0) is 47.2 Å². The van der Waals surface area contributed by atoms with Gasteiger partial charge in [0.25, 0.3) is 0 Å². The molecular formula is C16H21BrClN3. The lowest BCUT2D eigenvalue weighted by atomic mass is 9.73. The minimum atomic E-state index is -0.115. The van der Waals surface area contributed by atoms with Crippen LogP contribution in [0.4, 0.5) is 0 Å². The normalized spacial score (nSPS) is 23.4. The number of halogens is 2. The van der Waals surface area contributed by atoms with E-state index in [9.17, 15) is 0 Å². The Kier molecular flexibility index (Phi) is 4.04. The molecule has 0 saturated heterocycles. The van der Waals surface area contributed by atoms with Gasteiger partial charge in [-0.15, -0.1) is 11.6 Å². The highest BCUT2D eigenvalue weighted by Crippen LogP contribution is 2.46. The van der Waals surface area contributed by atoms with Gasteiger partial charge in [0, 0.05) is 16.7 Å². The fourth-order valence-electron chi connectivity index (χ4n) is 3.52. The van der Waals surface area contributed by atoms with Gasteiger partial charge in [0.15, 0.2) is 5.65 Å². The molecule has 1 saturated carbocycles. The molecule has 2 atom stereocenters. The Labute approximate surface area is 139 Å². The lowest BCUT2D eigenvalue weighted by molar-refractivity contribution is 0.144. The third-order valence-electron chi connectivity index (χ3n) is 4.64. The summed E-state index contributed by atoms with van der Waals surface area (Å²) in [5.41, 5.74) is 2.13. The molecule has 0 amide bonds. The second-order valence-electron chi connectivity index (χ2n) is 6.70. The van der Waals surface area contributed by atoms with Crippen LogP contribution >= 0.6 is 27.5 Å². The van der Waals surface area contributed by atoms with Crippen LogP contribution in [0.15, 0.2) is 16.7 Å². The van der Waals surface area contributed by atoms with Gasteiger partial charge in [0.05, 0.1) is 5.38 Å². The highest BCUT2D eigenvalue weighted by molar-refractivity contribution is 9.10. The number of fused-ring (bicyclic) bond motifs is 1. The first kappa shape index (κ1) is 15.3. The van der Waals surface area contributed by atoms with Gasteiger partial charge < -0.3 is 4.57 Å². The summed E-state index contributed by atoms with van der Waals surface area (Å²) in [4.78, 5) is 9.37. The van der Waals surface area contributed by atoms with Crippen LogP contribution < -0.4 is 0 Å². The van der Waals surface area contributed by atoms with Crippen molar-refractivity contribution in [2.75, 3.05) is 0 Å². The molecule has 21 heavy (non-hydrogen) atoms. The molecule has 1 aliphatic carbocycles. The molecule has 0 aliphatic heterocycles. The summed E-state index contributed by atoms with van der Waals surface area (Å²) in [6.45, 7) is 6.69. The first-order chi connectivity index (χ1) is 9.90. The van der Waals surface area contributed by atoms with Crippen molar-refractivity contribution in [3.8, 4) is 0 Å². The second-order valence-corrected chi connectivity index (χ2v) is 8.27. The molecule has 2 heterocycles. The molecule has 1 aliphatic rings. The topological polar surface area (TPSA) is 30.7 Å². The van der Waals surface area contributed by atoms with Crippen molar-refractivity contribution in [2.24, 2.45) is 5.41 Å². The Morgan fingerprint density at radius 3 is 2.86 bits per heavy atom. The smallest absolute Gasteiger partial charge is 0.160 e. The van der Waals surface area contributed by atoms with E-state index in [2.05, 4.69) is 39.3 Å². The van der Waals surface area contributed by atoms with E-state index in [-0.39, 0.29) is 10.8 Å². The monoisotopic (exact) mass is 369 g/mol. The molecule has 3 rings (SSSR count). The molecule has 1 fully saturated rings. The fourth-order valence-corrected chi connectivity index (χ4v) is 3.99. The maximum Gasteiger partial charge on any atom is 0.160 e. The van der Waals surface area contributed by atoms with Crippen LogP contribution in [0.1, 0.15) is 63.7 Å². The summed E-state index contributed by atoms with van der Waals surface area (Å²) in [7, 11) is 0. The van der Waals surface area contributed by atoms with Gasteiger partial charge in [-0.1, -0.05) is 26.7 Å². The summed E-state index contributed by atoms with van der Waals surface area (Å²) in [6, 6.07) is 2.44. The Hall–Kier alpha value is -0.610. The van der Waals surface area contributed by atoms with Gasteiger partial charge in [-0.3, -0.25) is 0 Å². The molecule has 2 aromatic heterocycles. The van der Waals surface area contributed by atoms with E-state index < -0.39 is 0 Å². The van der Waals surface area contributed by atoms with Crippen molar-refractivity contribution in [1.29, 1.82) is 0 Å². The quantitative estimate of drug-likeness (QED) is 0.641. The predicted molar refractivity (Wildman–Crippen MR) is 90.8 cm³/mol. The first-order valence-electron chi connectivity index (χ1n) is 7.57. The molecule has 2 aromatic rings. The van der Waals surface area contributed by atoms with E-state index in [0.717, 1.165) is 21.5 Å². The van der Waals surface area contributed by atoms with E-state index in [1.807, 2.05) is 19.2 Å². The third-order valence-corrected chi connectivity index (χ3v) is 5.27. The Bertz CT molecular complexity index is 663. The number of imidazole rings is 1. The van der Waals surface area contributed by atoms with E-state index in [4.69, 9.17) is 16.6 Å². The summed E-state index contributed by atoms with van der Waals surface area (Å²) in [6.07, 6.45) is 6.83. The zero-order chi connectivity index (χ0) is 15.2. The third kappa shape index (κ3) is 2.72. The largest absolute Gasteiger partial charge is 0.308 e. The summed E-state index contributed by atoms with van der Waals surface area (Å²) >= 11 is 9.89. The summed E-state index contributed by atoms with van der Waals surface area (Å²) < 4.78 is 3.26. The minimum absolute atomic E-state index is 0.115. The van der Waals surface area contributed by atoms with Crippen LogP contribution in [0.25, 0.3) is 11.2 Å². The lowest BCUT2D eigenvalue weighted by Gasteiger charge is -2.40. The number of hydrogen-bond acceptors (Lipinski definition) is 2. The van der Waals surface area contributed by atoms with Gasteiger partial charge in [-0.2, -0.15) is 0 Å². The van der Waals surface area contributed by atoms with Crippen molar-refractivity contribution >= 4 is 38.7 Å². The molecule has 5 heteroatoms. The van der Waals surface area contributed by atoms with Crippen LogP contribution in [0.2, 0.25) is 0 Å². The second kappa shape index (κ2) is 5.54. The van der Waals surface area contributed by atoms with E-state index in [1.54, 1.807) is 0 Å². The Balaban J connectivity index is 2.21. The summed E-state index contributed by atoms with van der Waals surface area (Å²) in [5.74, 6) is 0.942. The van der Waals surface area contributed by atoms with Crippen LogP contribution in [-0.2, 0) is 0 Å². The molecule has 0 spiro atoms. The molecule has 0 radical (unpaired) electrons. The highest BCUT2D eigenvalue weighted by Gasteiger charge is 2.36. The highest BCUT2D eigenvalue weighted by atomic mass is 79.9. The minimum Gasteiger partial charge on any atom is -0.308 e. The van der Waals surface area contributed by atoms with E-state index in [1.165, 1.54) is 25.7 Å². The van der Waals surface area contributed by atoms with Crippen molar-refractivity contribution in [3.05, 3.63) is 22.6 Å². The molecule has 114 valence electrons. The van der Waals surface area contributed by atoms with E-state index in [0.29, 0.717) is 6.04 Å². The molecule has 3 nitrogen and oxygen atoms in total.